The largest absolute Gasteiger partial charge is 0.477 e. The van der Waals surface area contributed by atoms with E-state index in [9.17, 15) is 27.9 Å². The van der Waals surface area contributed by atoms with Crippen molar-refractivity contribution in [1.29, 1.82) is 0 Å². The molecule has 0 aromatic carbocycles. The summed E-state index contributed by atoms with van der Waals surface area (Å²) in [6, 6.07) is 4.89. The van der Waals surface area contributed by atoms with E-state index in [4.69, 9.17) is 5.21 Å². The maximum absolute atomic E-state index is 12.6. The van der Waals surface area contributed by atoms with Gasteiger partial charge in [-0.25, -0.2) is 18.7 Å². The Balaban J connectivity index is 2.07. The number of fused-ring (bicyclic) bond motifs is 1. The van der Waals surface area contributed by atoms with Crippen LogP contribution in [0.5, 0.6) is 0 Å². The van der Waals surface area contributed by atoms with E-state index in [0.29, 0.717) is 10.6 Å². The van der Waals surface area contributed by atoms with Gasteiger partial charge in [0.2, 0.25) is 0 Å². The molecule has 3 N–H and O–H groups in total. The summed E-state index contributed by atoms with van der Waals surface area (Å²) in [5.41, 5.74) is 0.817. The van der Waals surface area contributed by atoms with Crippen LogP contribution >= 0.6 is 0 Å². The van der Waals surface area contributed by atoms with E-state index >= 15 is 0 Å². The summed E-state index contributed by atoms with van der Waals surface area (Å²) in [7, 11) is -3.95. The van der Waals surface area contributed by atoms with Crippen LogP contribution in [0.15, 0.2) is 53.4 Å². The summed E-state index contributed by atoms with van der Waals surface area (Å²) in [4.78, 5) is 39.9. The van der Waals surface area contributed by atoms with Crippen molar-refractivity contribution in [2.45, 2.75) is 5.37 Å². The number of nitrogens with one attached hydrogen (secondary N) is 1. The molecule has 2 aliphatic heterocycles. The van der Waals surface area contributed by atoms with Crippen molar-refractivity contribution in [3.63, 3.8) is 0 Å². The number of carboxylic acids is 1. The fraction of sp³-hybridized carbons (Fsp3) is 0.125. The molecule has 0 unspecified atom stereocenters. The van der Waals surface area contributed by atoms with Crippen molar-refractivity contribution in [2.24, 2.45) is 0 Å². The van der Waals surface area contributed by atoms with Gasteiger partial charge in [-0.15, -0.1) is 0 Å². The predicted molar refractivity (Wildman–Crippen MR) is 90.4 cm³/mol. The Morgan fingerprint density at radius 3 is 2.67 bits per heavy atom. The molecular formula is C16H13N3O7S. The molecule has 10 nitrogen and oxygen atoms in total. The average Bonchev–Trinajstić information content (AvgIpc) is 2.63. The summed E-state index contributed by atoms with van der Waals surface area (Å²) < 4.78 is 25.2. The lowest BCUT2D eigenvalue weighted by molar-refractivity contribution is -0.141. The maximum Gasteiger partial charge on any atom is 0.352 e. The number of allylic oxidation sites excluding steroid dienone is 1. The summed E-state index contributed by atoms with van der Waals surface area (Å²) >= 11 is 0. The molecule has 1 saturated heterocycles. The number of amides is 2. The first-order valence-corrected chi connectivity index (χ1v) is 9.24. The molecule has 1 aromatic rings. The Bertz CT molecular complexity index is 1030. The Morgan fingerprint density at radius 2 is 2.07 bits per heavy atom. The van der Waals surface area contributed by atoms with Gasteiger partial charge in [0.25, 0.3) is 11.8 Å². The second-order valence-electron chi connectivity index (χ2n) is 5.68. The highest BCUT2D eigenvalue weighted by Crippen LogP contribution is 2.41. The molecule has 1 atom stereocenters. The van der Waals surface area contributed by atoms with Crippen LogP contribution in [0.25, 0.3) is 6.08 Å². The van der Waals surface area contributed by atoms with Gasteiger partial charge in [-0.2, -0.15) is 0 Å². The fourth-order valence-corrected chi connectivity index (χ4v) is 4.75. The van der Waals surface area contributed by atoms with Crippen LogP contribution in [0.2, 0.25) is 0 Å². The molecule has 1 aromatic heterocycles. The fourth-order valence-electron chi connectivity index (χ4n) is 2.85. The SMILES string of the molecule is O=C(/C=C/C1=C(C(=O)O)N2C(=O)/C(=C/c3ccccn3)[C@H]2S(=O)(=O)C1)NO. The lowest BCUT2D eigenvalue weighted by atomic mass is 10.0. The first-order chi connectivity index (χ1) is 12.8. The summed E-state index contributed by atoms with van der Waals surface area (Å²) in [5.74, 6) is -3.94. The quantitative estimate of drug-likeness (QED) is 0.268. The molecule has 0 aliphatic carbocycles. The Hall–Kier alpha value is -3.31. The zero-order valence-corrected chi connectivity index (χ0v) is 14.4. The van der Waals surface area contributed by atoms with Gasteiger partial charge in [0.15, 0.2) is 15.2 Å². The first-order valence-electron chi connectivity index (χ1n) is 7.52. The molecule has 11 heteroatoms. The predicted octanol–water partition coefficient (Wildman–Crippen LogP) is -0.538. The molecule has 140 valence electrons. The number of aromatic nitrogens is 1. The van der Waals surface area contributed by atoms with Crippen molar-refractivity contribution < 1.29 is 33.1 Å². The van der Waals surface area contributed by atoms with Gasteiger partial charge in [-0.1, -0.05) is 12.1 Å². The number of hydroxylamine groups is 1. The molecule has 0 saturated carbocycles. The summed E-state index contributed by atoms with van der Waals surface area (Å²) in [6.07, 6.45) is 4.49. The molecule has 2 aliphatic rings. The Morgan fingerprint density at radius 1 is 1.33 bits per heavy atom. The van der Waals surface area contributed by atoms with E-state index in [1.165, 1.54) is 17.8 Å². The van der Waals surface area contributed by atoms with Crippen LogP contribution in [-0.2, 0) is 24.2 Å². The normalized spacial score (nSPS) is 22.6. The zero-order chi connectivity index (χ0) is 19.8. The number of carbonyl (C=O) groups excluding carboxylic acids is 2. The number of rotatable bonds is 4. The van der Waals surface area contributed by atoms with E-state index < -0.39 is 44.4 Å². The van der Waals surface area contributed by atoms with Gasteiger partial charge in [-0.05, 0) is 23.8 Å². The van der Waals surface area contributed by atoms with Crippen molar-refractivity contribution >= 4 is 33.7 Å². The minimum absolute atomic E-state index is 0.0800. The van der Waals surface area contributed by atoms with Gasteiger partial charge in [-0.3, -0.25) is 24.7 Å². The summed E-state index contributed by atoms with van der Waals surface area (Å²) in [5, 5.41) is 16.5. The number of pyridine rings is 1. The number of nitrogens with zero attached hydrogens (tertiary/aromatic N) is 2. The van der Waals surface area contributed by atoms with Crippen LogP contribution in [0, 0.1) is 0 Å². The van der Waals surface area contributed by atoms with Crippen molar-refractivity contribution in [2.75, 3.05) is 5.75 Å². The molecule has 3 rings (SSSR count). The van der Waals surface area contributed by atoms with Crippen LogP contribution in [0.1, 0.15) is 5.69 Å². The van der Waals surface area contributed by atoms with Gasteiger partial charge >= 0.3 is 5.97 Å². The highest BCUT2D eigenvalue weighted by atomic mass is 32.2. The smallest absolute Gasteiger partial charge is 0.352 e. The lowest BCUT2D eigenvalue weighted by Crippen LogP contribution is -2.62. The molecule has 3 heterocycles. The molecule has 27 heavy (non-hydrogen) atoms. The van der Waals surface area contributed by atoms with Gasteiger partial charge < -0.3 is 5.11 Å². The molecule has 0 spiro atoms. The minimum atomic E-state index is -3.95. The highest BCUT2D eigenvalue weighted by Gasteiger charge is 2.56. The first kappa shape index (κ1) is 18.5. The average molecular weight is 391 g/mol. The summed E-state index contributed by atoms with van der Waals surface area (Å²) in [6.45, 7) is 0. The van der Waals surface area contributed by atoms with Crippen LogP contribution in [0.4, 0.5) is 0 Å². The van der Waals surface area contributed by atoms with Crippen LogP contribution < -0.4 is 5.48 Å². The van der Waals surface area contributed by atoms with Gasteiger partial charge in [0, 0.05) is 12.3 Å². The minimum Gasteiger partial charge on any atom is -0.477 e. The standard InChI is InChI=1S/C16H13N3O7S/c20-12(18-24)5-4-9-8-27(25,26)15-11(7-10-3-1-2-6-17-10)14(21)19(15)13(9)16(22)23/h1-7,15,24H,8H2,(H,18,20)(H,22,23)/b5-4+,11-7-/t15-/m1/s1. The molecule has 2 amide bonds. The zero-order valence-electron chi connectivity index (χ0n) is 13.6. The van der Waals surface area contributed by atoms with Gasteiger partial charge in [0.05, 0.1) is 17.0 Å². The Kier molecular flexibility index (Phi) is 4.64. The number of β-lactam (4-membered cyclic amide) rings is 1. The number of hydrogen-bond acceptors (Lipinski definition) is 7. The van der Waals surface area contributed by atoms with E-state index in [-0.39, 0.29) is 11.1 Å². The third-order valence-electron chi connectivity index (χ3n) is 3.95. The number of sulfone groups is 1. The van der Waals surface area contributed by atoms with Crippen LogP contribution in [-0.4, -0.2) is 57.5 Å². The molecule has 1 fully saturated rings. The van der Waals surface area contributed by atoms with Gasteiger partial charge in [0.1, 0.15) is 5.70 Å². The molecular weight excluding hydrogens is 378 g/mol. The highest BCUT2D eigenvalue weighted by molar-refractivity contribution is 7.92. The van der Waals surface area contributed by atoms with Crippen LogP contribution in [0.3, 0.4) is 0 Å². The Labute approximate surface area is 153 Å². The molecule has 0 bridgehead atoms. The third-order valence-corrected chi connectivity index (χ3v) is 5.81. The third kappa shape index (κ3) is 3.25. The van der Waals surface area contributed by atoms with Crippen molar-refractivity contribution in [3.05, 3.63) is 59.1 Å². The molecule has 0 radical (unpaired) electrons. The second kappa shape index (κ2) is 6.78. The topological polar surface area (TPSA) is 154 Å². The van der Waals surface area contributed by atoms with Crippen molar-refractivity contribution in [3.8, 4) is 0 Å². The maximum atomic E-state index is 12.6. The van der Waals surface area contributed by atoms with Crippen molar-refractivity contribution in [1.82, 2.24) is 15.4 Å². The monoisotopic (exact) mass is 391 g/mol. The van der Waals surface area contributed by atoms with E-state index in [1.807, 2.05) is 0 Å². The second-order valence-corrected chi connectivity index (χ2v) is 7.74. The number of aliphatic carboxylic acids is 1. The van der Waals surface area contributed by atoms with E-state index in [2.05, 4.69) is 4.98 Å². The number of carboxylic acid groups (broad SMARTS) is 1. The number of hydrogen-bond donors (Lipinski definition) is 3. The van der Waals surface area contributed by atoms with E-state index in [0.717, 1.165) is 12.2 Å². The lowest BCUT2D eigenvalue weighted by Gasteiger charge is -2.45. The number of carbonyl (C=O) groups is 3. The van der Waals surface area contributed by atoms with E-state index in [1.54, 1.807) is 18.2 Å².